The molecule has 0 bridgehead atoms. The maximum absolute atomic E-state index is 13.4. The van der Waals surface area contributed by atoms with Gasteiger partial charge in [0.15, 0.2) is 5.82 Å². The molecular weight excluding hydrogens is 414 g/mol. The van der Waals surface area contributed by atoms with Crippen LogP contribution in [-0.2, 0) is 6.18 Å². The lowest BCUT2D eigenvalue weighted by Gasteiger charge is -2.22. The number of hydrogen-bond donors (Lipinski definition) is 2. The number of alkyl halides is 3. The van der Waals surface area contributed by atoms with Gasteiger partial charge in [0, 0.05) is 24.7 Å². The number of carbonyl (C=O) groups is 1. The molecular formula is C21H17F4N5O. The lowest BCUT2D eigenvalue weighted by Crippen LogP contribution is -2.36. The number of urea groups is 1. The van der Waals surface area contributed by atoms with Gasteiger partial charge in [-0.1, -0.05) is 12.1 Å². The molecule has 0 spiro atoms. The van der Waals surface area contributed by atoms with Crippen molar-refractivity contribution in [2.24, 2.45) is 0 Å². The van der Waals surface area contributed by atoms with Crippen molar-refractivity contribution in [3.63, 3.8) is 0 Å². The second-order valence-corrected chi connectivity index (χ2v) is 6.90. The highest BCUT2D eigenvalue weighted by atomic mass is 19.4. The Bertz CT molecular complexity index is 1120. The largest absolute Gasteiger partial charge is 0.416 e. The predicted molar refractivity (Wildman–Crippen MR) is 108 cm³/mol. The fraction of sp³-hybridized carbons (Fsp3) is 0.190. The molecule has 1 aliphatic heterocycles. The summed E-state index contributed by atoms with van der Waals surface area (Å²) in [5.41, 5.74) is 0.530. The van der Waals surface area contributed by atoms with Crippen LogP contribution >= 0.6 is 0 Å². The van der Waals surface area contributed by atoms with Crippen LogP contribution in [0.4, 0.5) is 39.5 Å². The standard InChI is InChI=1S/C21H17F4N5O/c22-15-10-16(12-26-11-15)28-20(31)30-8-2-7-27-18-6-5-17(29-19(18)30)13-3-1-4-14(9-13)21(23,24)25/h1,3-6,9-12,27H,2,7-8H2,(H,28,31). The molecule has 31 heavy (non-hydrogen) atoms. The zero-order valence-electron chi connectivity index (χ0n) is 16.1. The molecule has 0 unspecified atom stereocenters. The number of aromatic nitrogens is 2. The minimum absolute atomic E-state index is 0.179. The Morgan fingerprint density at radius 1 is 1.13 bits per heavy atom. The first-order valence-electron chi connectivity index (χ1n) is 9.43. The van der Waals surface area contributed by atoms with Crippen molar-refractivity contribution < 1.29 is 22.4 Å². The summed E-state index contributed by atoms with van der Waals surface area (Å²) in [5.74, 6) is -0.324. The molecule has 2 N–H and O–H groups in total. The summed E-state index contributed by atoms with van der Waals surface area (Å²) in [6.07, 6.45) is -1.54. The van der Waals surface area contributed by atoms with Gasteiger partial charge in [0.05, 0.1) is 35.0 Å². The lowest BCUT2D eigenvalue weighted by molar-refractivity contribution is -0.137. The van der Waals surface area contributed by atoms with Crippen LogP contribution in [0, 0.1) is 5.82 Å². The zero-order valence-corrected chi connectivity index (χ0v) is 16.1. The number of fused-ring (bicyclic) bond motifs is 1. The second kappa shape index (κ2) is 8.21. The Balaban J connectivity index is 1.69. The van der Waals surface area contributed by atoms with Gasteiger partial charge in [-0.25, -0.2) is 14.2 Å². The molecule has 1 aliphatic rings. The molecule has 160 valence electrons. The third kappa shape index (κ3) is 4.57. The monoisotopic (exact) mass is 431 g/mol. The van der Waals surface area contributed by atoms with Crippen LogP contribution in [0.5, 0.6) is 0 Å². The quantitative estimate of drug-likeness (QED) is 0.551. The average Bonchev–Trinajstić information content (AvgIpc) is 2.95. The molecule has 0 saturated carbocycles. The Morgan fingerprint density at radius 2 is 1.97 bits per heavy atom. The minimum Gasteiger partial charge on any atom is -0.382 e. The van der Waals surface area contributed by atoms with Crippen molar-refractivity contribution in [3.8, 4) is 11.3 Å². The van der Waals surface area contributed by atoms with Crippen molar-refractivity contribution >= 4 is 23.2 Å². The molecule has 0 fully saturated rings. The Hall–Kier alpha value is -3.69. The molecule has 0 atom stereocenters. The van der Waals surface area contributed by atoms with Gasteiger partial charge in [0.1, 0.15) is 5.82 Å². The van der Waals surface area contributed by atoms with Crippen LogP contribution in [0.15, 0.2) is 54.9 Å². The smallest absolute Gasteiger partial charge is 0.382 e. The molecule has 2 amide bonds. The molecule has 0 saturated heterocycles. The summed E-state index contributed by atoms with van der Waals surface area (Å²) in [6.45, 7) is 0.899. The SMILES string of the molecule is O=C(Nc1cncc(F)c1)N1CCCNc2ccc(-c3cccc(C(F)(F)F)c3)nc21. The van der Waals surface area contributed by atoms with Crippen molar-refractivity contribution in [3.05, 3.63) is 66.2 Å². The van der Waals surface area contributed by atoms with E-state index in [-0.39, 0.29) is 17.1 Å². The van der Waals surface area contributed by atoms with Gasteiger partial charge in [-0.05, 0) is 30.7 Å². The number of amides is 2. The molecule has 0 aliphatic carbocycles. The number of hydrogen-bond acceptors (Lipinski definition) is 4. The molecule has 1 aromatic carbocycles. The van der Waals surface area contributed by atoms with Gasteiger partial charge < -0.3 is 10.6 Å². The van der Waals surface area contributed by atoms with E-state index in [0.29, 0.717) is 30.9 Å². The first kappa shape index (κ1) is 20.6. The van der Waals surface area contributed by atoms with Crippen LogP contribution in [0.2, 0.25) is 0 Å². The Morgan fingerprint density at radius 3 is 2.74 bits per heavy atom. The number of anilines is 3. The van der Waals surface area contributed by atoms with Crippen LogP contribution < -0.4 is 15.5 Å². The highest BCUT2D eigenvalue weighted by molar-refractivity contribution is 6.03. The number of rotatable bonds is 2. The van der Waals surface area contributed by atoms with Crippen molar-refractivity contribution in [2.45, 2.75) is 12.6 Å². The Kier molecular flexibility index (Phi) is 5.45. The topological polar surface area (TPSA) is 70.2 Å². The van der Waals surface area contributed by atoms with Crippen molar-refractivity contribution in [2.75, 3.05) is 28.6 Å². The summed E-state index contributed by atoms with van der Waals surface area (Å²) < 4.78 is 52.7. The van der Waals surface area contributed by atoms with Gasteiger partial charge in [-0.3, -0.25) is 9.88 Å². The summed E-state index contributed by atoms with van der Waals surface area (Å²) in [7, 11) is 0. The first-order valence-corrected chi connectivity index (χ1v) is 9.43. The Labute approximate surface area is 174 Å². The minimum atomic E-state index is -4.48. The van der Waals surface area contributed by atoms with Gasteiger partial charge >= 0.3 is 12.2 Å². The fourth-order valence-corrected chi connectivity index (χ4v) is 3.24. The predicted octanol–water partition coefficient (Wildman–Crippen LogP) is 5.16. The summed E-state index contributed by atoms with van der Waals surface area (Å²) in [4.78, 5) is 22.4. The molecule has 3 heterocycles. The first-order chi connectivity index (χ1) is 14.8. The van der Waals surface area contributed by atoms with Crippen molar-refractivity contribution in [1.29, 1.82) is 0 Å². The highest BCUT2D eigenvalue weighted by Gasteiger charge is 2.31. The molecule has 4 rings (SSSR count). The molecule has 6 nitrogen and oxygen atoms in total. The van der Waals surface area contributed by atoms with E-state index in [1.807, 2.05) is 0 Å². The maximum atomic E-state index is 13.4. The fourth-order valence-electron chi connectivity index (χ4n) is 3.24. The highest BCUT2D eigenvalue weighted by Crippen LogP contribution is 2.34. The number of pyridine rings is 2. The van der Waals surface area contributed by atoms with E-state index in [4.69, 9.17) is 0 Å². The van der Waals surface area contributed by atoms with Gasteiger partial charge in [0.25, 0.3) is 0 Å². The third-order valence-corrected chi connectivity index (χ3v) is 4.69. The molecule has 10 heteroatoms. The maximum Gasteiger partial charge on any atom is 0.416 e. The van der Waals surface area contributed by atoms with E-state index < -0.39 is 23.6 Å². The summed E-state index contributed by atoms with van der Waals surface area (Å²) in [6, 6.07) is 8.69. The number of nitrogens with zero attached hydrogens (tertiary/aromatic N) is 3. The average molecular weight is 431 g/mol. The lowest BCUT2D eigenvalue weighted by atomic mass is 10.1. The van der Waals surface area contributed by atoms with Crippen molar-refractivity contribution in [1.82, 2.24) is 9.97 Å². The zero-order chi connectivity index (χ0) is 22.0. The van der Waals surface area contributed by atoms with Gasteiger partial charge in [0.2, 0.25) is 0 Å². The normalized spacial score (nSPS) is 13.7. The van der Waals surface area contributed by atoms with Gasteiger partial charge in [-0.15, -0.1) is 0 Å². The van der Waals surface area contributed by atoms with Gasteiger partial charge in [-0.2, -0.15) is 13.2 Å². The number of carbonyl (C=O) groups excluding carboxylic acids is 1. The second-order valence-electron chi connectivity index (χ2n) is 6.90. The number of halogens is 4. The van der Waals surface area contributed by atoms with E-state index in [1.165, 1.54) is 23.2 Å². The number of nitrogens with one attached hydrogen (secondary N) is 2. The van der Waals surface area contributed by atoms with E-state index >= 15 is 0 Å². The molecule has 0 radical (unpaired) electrons. The van der Waals surface area contributed by atoms with E-state index in [0.717, 1.165) is 24.4 Å². The van der Waals surface area contributed by atoms with E-state index in [2.05, 4.69) is 20.6 Å². The van der Waals surface area contributed by atoms with Crippen LogP contribution in [0.3, 0.4) is 0 Å². The summed E-state index contributed by atoms with van der Waals surface area (Å²) in [5, 5.41) is 5.74. The molecule has 3 aromatic rings. The van der Waals surface area contributed by atoms with E-state index in [9.17, 15) is 22.4 Å². The molecule has 2 aromatic heterocycles. The number of benzene rings is 1. The van der Waals surface area contributed by atoms with Crippen LogP contribution in [0.25, 0.3) is 11.3 Å². The van der Waals surface area contributed by atoms with Crippen LogP contribution in [0.1, 0.15) is 12.0 Å². The van der Waals surface area contributed by atoms with Crippen LogP contribution in [-0.4, -0.2) is 29.1 Å². The van der Waals surface area contributed by atoms with E-state index in [1.54, 1.807) is 12.1 Å². The third-order valence-electron chi connectivity index (χ3n) is 4.69. The summed E-state index contributed by atoms with van der Waals surface area (Å²) >= 11 is 0.